The van der Waals surface area contributed by atoms with E-state index >= 15 is 0 Å². The number of nitrogens with one attached hydrogen (secondary N) is 1. The van der Waals surface area contributed by atoms with Crippen LogP contribution in [-0.2, 0) is 0 Å². The zero-order valence-corrected chi connectivity index (χ0v) is 13.4. The number of aliphatic hydroxyl groups excluding tert-OH is 2. The second-order valence-electron chi connectivity index (χ2n) is 6.63. The zero-order valence-electron chi connectivity index (χ0n) is 13.4. The second kappa shape index (κ2) is 6.71. The van der Waals surface area contributed by atoms with Gasteiger partial charge in [0.1, 0.15) is 11.6 Å². The molecule has 0 radical (unpaired) electrons. The van der Waals surface area contributed by atoms with Gasteiger partial charge in [-0.3, -0.25) is 0 Å². The van der Waals surface area contributed by atoms with Gasteiger partial charge in [-0.2, -0.15) is 0 Å². The molecule has 1 fully saturated rings. The summed E-state index contributed by atoms with van der Waals surface area (Å²) in [5.41, 5.74) is 1.03. The first-order chi connectivity index (χ1) is 9.86. The number of anilines is 1. The van der Waals surface area contributed by atoms with Gasteiger partial charge >= 0.3 is 0 Å². The summed E-state index contributed by atoms with van der Waals surface area (Å²) in [6.45, 7) is 8.42. The molecule has 0 spiro atoms. The van der Waals surface area contributed by atoms with E-state index in [4.69, 9.17) is 0 Å². The molecule has 21 heavy (non-hydrogen) atoms. The summed E-state index contributed by atoms with van der Waals surface area (Å²) in [6, 6.07) is 2.15. The molecule has 1 aromatic rings. The van der Waals surface area contributed by atoms with Crippen molar-refractivity contribution in [1.82, 2.24) is 9.97 Å². The van der Waals surface area contributed by atoms with Gasteiger partial charge in [0.05, 0.1) is 12.2 Å². The highest BCUT2D eigenvalue weighted by Gasteiger charge is 2.27. The Morgan fingerprint density at radius 2 is 1.76 bits per heavy atom. The van der Waals surface area contributed by atoms with Crippen molar-refractivity contribution in [2.45, 2.75) is 77.0 Å². The lowest BCUT2D eigenvalue weighted by Crippen LogP contribution is -2.39. The van der Waals surface area contributed by atoms with Gasteiger partial charge in [0, 0.05) is 23.7 Å². The maximum atomic E-state index is 9.79. The van der Waals surface area contributed by atoms with Crippen LogP contribution in [0.3, 0.4) is 0 Å². The largest absolute Gasteiger partial charge is 0.390 e. The molecule has 0 aromatic carbocycles. The van der Waals surface area contributed by atoms with Gasteiger partial charge < -0.3 is 15.5 Å². The van der Waals surface area contributed by atoms with Crippen LogP contribution < -0.4 is 5.32 Å². The maximum absolute atomic E-state index is 9.79. The van der Waals surface area contributed by atoms with Crippen LogP contribution in [0.1, 0.15) is 70.3 Å². The Kier molecular flexibility index (Phi) is 5.17. The maximum Gasteiger partial charge on any atom is 0.133 e. The van der Waals surface area contributed by atoms with Crippen LogP contribution in [-0.4, -0.2) is 38.4 Å². The normalized spacial score (nSPS) is 26.4. The molecule has 1 heterocycles. The third-order valence-corrected chi connectivity index (χ3v) is 4.00. The second-order valence-corrected chi connectivity index (χ2v) is 6.63. The predicted molar refractivity (Wildman–Crippen MR) is 83.5 cm³/mol. The lowest BCUT2D eigenvalue weighted by atomic mass is 9.90. The first kappa shape index (κ1) is 16.2. The van der Waals surface area contributed by atoms with Gasteiger partial charge in [-0.15, -0.1) is 0 Å². The number of nitrogens with zero attached hydrogens (tertiary/aromatic N) is 2. The molecule has 0 aliphatic heterocycles. The number of aliphatic hydroxyl groups is 2. The predicted octanol–water partition coefficient (Wildman–Crippen LogP) is 2.41. The number of rotatable bonds is 4. The van der Waals surface area contributed by atoms with Crippen LogP contribution in [0, 0.1) is 0 Å². The van der Waals surface area contributed by atoms with E-state index in [9.17, 15) is 10.2 Å². The van der Waals surface area contributed by atoms with Crippen molar-refractivity contribution < 1.29 is 10.2 Å². The SMILES string of the molecule is CC(C)c1cc(NC2CC[C@@H](O)[C@@H](O)C2)nc(C(C)C)n1. The molecule has 3 N–H and O–H groups in total. The smallest absolute Gasteiger partial charge is 0.133 e. The van der Waals surface area contributed by atoms with Gasteiger partial charge in [0.2, 0.25) is 0 Å². The summed E-state index contributed by atoms with van der Waals surface area (Å²) < 4.78 is 0. The fourth-order valence-electron chi connectivity index (χ4n) is 2.58. The topological polar surface area (TPSA) is 78.3 Å². The molecular formula is C16H27N3O2. The summed E-state index contributed by atoms with van der Waals surface area (Å²) in [5.74, 6) is 2.30. The first-order valence-corrected chi connectivity index (χ1v) is 7.88. The van der Waals surface area contributed by atoms with E-state index in [1.54, 1.807) is 0 Å². The molecule has 0 saturated heterocycles. The van der Waals surface area contributed by atoms with E-state index < -0.39 is 12.2 Å². The fourth-order valence-corrected chi connectivity index (χ4v) is 2.58. The fraction of sp³-hybridized carbons (Fsp3) is 0.750. The summed E-state index contributed by atoms with van der Waals surface area (Å²) in [5, 5.41) is 22.8. The number of hydrogen-bond acceptors (Lipinski definition) is 5. The highest BCUT2D eigenvalue weighted by atomic mass is 16.3. The van der Waals surface area contributed by atoms with Crippen molar-refractivity contribution >= 4 is 5.82 Å². The third-order valence-electron chi connectivity index (χ3n) is 4.00. The molecule has 118 valence electrons. The Bertz CT molecular complexity index is 450. The van der Waals surface area contributed by atoms with Gasteiger partial charge in [-0.1, -0.05) is 27.7 Å². The molecular weight excluding hydrogens is 266 g/mol. The van der Waals surface area contributed by atoms with Crippen molar-refractivity contribution in [3.8, 4) is 0 Å². The van der Waals surface area contributed by atoms with Crippen LogP contribution >= 0.6 is 0 Å². The summed E-state index contributed by atoms with van der Waals surface area (Å²) in [6.07, 6.45) is 0.783. The zero-order chi connectivity index (χ0) is 15.6. The van der Waals surface area contributed by atoms with Gasteiger partial charge in [0.25, 0.3) is 0 Å². The Balaban J connectivity index is 2.15. The van der Waals surface area contributed by atoms with Gasteiger partial charge in [-0.05, 0) is 25.2 Å². The molecule has 2 rings (SSSR count). The third kappa shape index (κ3) is 4.14. The standard InChI is InChI=1S/C16H27N3O2/c1-9(2)12-8-15(19-16(18-12)10(3)4)17-11-5-6-13(20)14(21)7-11/h8-11,13-14,20-21H,5-7H2,1-4H3,(H,17,18,19)/t11?,13-,14+/m1/s1. The molecule has 5 heteroatoms. The molecule has 3 atom stereocenters. The van der Waals surface area contributed by atoms with E-state index in [0.29, 0.717) is 18.8 Å². The van der Waals surface area contributed by atoms with Crippen LogP contribution in [0.4, 0.5) is 5.82 Å². The molecule has 1 aromatic heterocycles. The first-order valence-electron chi connectivity index (χ1n) is 7.88. The van der Waals surface area contributed by atoms with Crippen LogP contribution in [0.15, 0.2) is 6.07 Å². The van der Waals surface area contributed by atoms with Crippen molar-refractivity contribution in [3.05, 3.63) is 17.6 Å². The highest BCUT2D eigenvalue weighted by Crippen LogP contribution is 2.24. The van der Waals surface area contributed by atoms with Crippen molar-refractivity contribution in [1.29, 1.82) is 0 Å². The summed E-state index contributed by atoms with van der Waals surface area (Å²) in [4.78, 5) is 9.20. The summed E-state index contributed by atoms with van der Waals surface area (Å²) in [7, 11) is 0. The molecule has 1 saturated carbocycles. The van der Waals surface area contributed by atoms with E-state index in [2.05, 4.69) is 43.0 Å². The van der Waals surface area contributed by atoms with Gasteiger partial charge in [0.15, 0.2) is 0 Å². The lowest BCUT2D eigenvalue weighted by molar-refractivity contribution is -0.0120. The Labute approximate surface area is 126 Å². The Hall–Kier alpha value is -1.20. The Morgan fingerprint density at radius 3 is 2.33 bits per heavy atom. The van der Waals surface area contributed by atoms with Gasteiger partial charge in [-0.25, -0.2) is 9.97 Å². The molecule has 5 nitrogen and oxygen atoms in total. The van der Waals surface area contributed by atoms with Crippen molar-refractivity contribution in [2.75, 3.05) is 5.32 Å². The monoisotopic (exact) mass is 293 g/mol. The molecule has 0 amide bonds. The van der Waals surface area contributed by atoms with E-state index in [0.717, 1.165) is 23.8 Å². The van der Waals surface area contributed by atoms with Crippen molar-refractivity contribution in [3.63, 3.8) is 0 Å². The van der Waals surface area contributed by atoms with E-state index in [1.165, 1.54) is 0 Å². The highest BCUT2D eigenvalue weighted by molar-refractivity contribution is 5.38. The van der Waals surface area contributed by atoms with Crippen molar-refractivity contribution in [2.24, 2.45) is 0 Å². The molecule has 1 unspecified atom stereocenters. The van der Waals surface area contributed by atoms with Crippen LogP contribution in [0.25, 0.3) is 0 Å². The Morgan fingerprint density at radius 1 is 1.05 bits per heavy atom. The van der Waals surface area contributed by atoms with Crippen LogP contribution in [0.5, 0.6) is 0 Å². The average molecular weight is 293 g/mol. The minimum atomic E-state index is -0.646. The van der Waals surface area contributed by atoms with E-state index in [1.807, 2.05) is 6.07 Å². The minimum absolute atomic E-state index is 0.151. The number of aromatic nitrogens is 2. The lowest BCUT2D eigenvalue weighted by Gasteiger charge is -2.31. The molecule has 1 aliphatic rings. The molecule has 0 bridgehead atoms. The average Bonchev–Trinajstić information content (AvgIpc) is 2.42. The van der Waals surface area contributed by atoms with Crippen LogP contribution in [0.2, 0.25) is 0 Å². The minimum Gasteiger partial charge on any atom is -0.390 e. The van der Waals surface area contributed by atoms with E-state index in [-0.39, 0.29) is 12.0 Å². The quantitative estimate of drug-likeness (QED) is 0.794. The molecule has 1 aliphatic carbocycles. The summed E-state index contributed by atoms with van der Waals surface area (Å²) >= 11 is 0. The number of hydrogen-bond donors (Lipinski definition) is 3.